The summed E-state index contributed by atoms with van der Waals surface area (Å²) in [6.07, 6.45) is 4.16. The maximum absolute atomic E-state index is 12.2. The van der Waals surface area contributed by atoms with Gasteiger partial charge in [-0.05, 0) is 37.1 Å². The molecule has 1 heterocycles. The summed E-state index contributed by atoms with van der Waals surface area (Å²) in [5.74, 6) is 0.543. The first-order valence-electron chi connectivity index (χ1n) is 6.77. The van der Waals surface area contributed by atoms with Gasteiger partial charge in [0.15, 0.2) is 0 Å². The molecule has 0 radical (unpaired) electrons. The summed E-state index contributed by atoms with van der Waals surface area (Å²) in [6.45, 7) is 0. The second-order valence-electron chi connectivity index (χ2n) is 5.47. The average Bonchev–Trinajstić information content (AvgIpc) is 3.17. The second kappa shape index (κ2) is 4.85. The summed E-state index contributed by atoms with van der Waals surface area (Å²) in [6, 6.07) is 6.64. The molecule has 1 aromatic heterocycles. The van der Waals surface area contributed by atoms with Gasteiger partial charge in [0.2, 0.25) is 10.0 Å². The summed E-state index contributed by atoms with van der Waals surface area (Å²) in [4.78, 5) is 0.208. The number of anilines is 1. The minimum atomic E-state index is -3.48. The van der Waals surface area contributed by atoms with Gasteiger partial charge in [-0.15, -0.1) is 0 Å². The Balaban J connectivity index is 2.05. The van der Waals surface area contributed by atoms with Crippen molar-refractivity contribution in [2.75, 3.05) is 19.8 Å². The molecule has 0 atom stereocenters. The number of sulfonamides is 1. The van der Waals surface area contributed by atoms with Gasteiger partial charge in [-0.1, -0.05) is 0 Å². The van der Waals surface area contributed by atoms with Crippen LogP contribution in [0.5, 0.6) is 0 Å². The number of benzene rings is 1. The topological polar surface area (TPSA) is 81.2 Å². The van der Waals surface area contributed by atoms with Gasteiger partial charge in [-0.3, -0.25) is 0 Å². The van der Waals surface area contributed by atoms with Crippen molar-refractivity contribution in [3.8, 4) is 5.69 Å². The van der Waals surface area contributed by atoms with Crippen LogP contribution in [0.1, 0.15) is 24.5 Å². The Kier molecular flexibility index (Phi) is 3.26. The first-order chi connectivity index (χ1) is 9.89. The monoisotopic (exact) mass is 306 g/mol. The summed E-state index contributed by atoms with van der Waals surface area (Å²) < 4.78 is 27.2. The fourth-order valence-electron chi connectivity index (χ4n) is 2.16. The highest BCUT2D eigenvalue weighted by atomic mass is 32.2. The van der Waals surface area contributed by atoms with Crippen LogP contribution in [0.2, 0.25) is 0 Å². The van der Waals surface area contributed by atoms with Gasteiger partial charge >= 0.3 is 0 Å². The predicted octanol–water partition coefficient (Wildman–Crippen LogP) is 1.58. The quantitative estimate of drug-likeness (QED) is 0.870. The molecule has 1 aliphatic carbocycles. The van der Waals surface area contributed by atoms with E-state index in [0.29, 0.717) is 17.3 Å². The molecule has 112 valence electrons. The van der Waals surface area contributed by atoms with Crippen molar-refractivity contribution in [2.45, 2.75) is 23.7 Å². The Morgan fingerprint density at radius 1 is 1.29 bits per heavy atom. The molecule has 0 unspecified atom stereocenters. The predicted molar refractivity (Wildman–Crippen MR) is 80.8 cm³/mol. The molecular weight excluding hydrogens is 288 g/mol. The van der Waals surface area contributed by atoms with Gasteiger partial charge < -0.3 is 5.73 Å². The third-order valence-electron chi connectivity index (χ3n) is 3.63. The fraction of sp³-hybridized carbons (Fsp3) is 0.357. The average molecular weight is 306 g/mol. The molecular formula is C14H18N4O2S. The highest BCUT2D eigenvalue weighted by Crippen LogP contribution is 2.39. The van der Waals surface area contributed by atoms with Gasteiger partial charge in [0.25, 0.3) is 0 Å². The van der Waals surface area contributed by atoms with Crippen molar-refractivity contribution >= 4 is 15.7 Å². The maximum atomic E-state index is 12.2. The van der Waals surface area contributed by atoms with E-state index in [2.05, 4.69) is 5.10 Å². The number of rotatable bonds is 4. The lowest BCUT2D eigenvalue weighted by Crippen LogP contribution is -2.22. The Morgan fingerprint density at radius 2 is 2.00 bits per heavy atom. The minimum absolute atomic E-state index is 0.208. The molecule has 0 spiro atoms. The van der Waals surface area contributed by atoms with Crippen LogP contribution < -0.4 is 5.73 Å². The molecule has 0 bridgehead atoms. The molecule has 2 aromatic rings. The SMILES string of the molecule is CN(C)S(=O)(=O)c1ccc(N)c(-n2ccc(C3CC3)n2)c1. The standard InChI is InChI=1S/C14H18N4O2S/c1-17(2)21(19,20)11-5-6-12(15)14(9-11)18-8-7-13(16-18)10-3-4-10/h5-10H,3-4,15H2,1-2H3. The van der Waals surface area contributed by atoms with Crippen molar-refractivity contribution in [1.82, 2.24) is 14.1 Å². The van der Waals surface area contributed by atoms with E-state index in [4.69, 9.17) is 5.73 Å². The Bertz CT molecular complexity index is 776. The first kappa shape index (κ1) is 14.1. The summed E-state index contributed by atoms with van der Waals surface area (Å²) >= 11 is 0. The molecule has 2 N–H and O–H groups in total. The van der Waals surface area contributed by atoms with Crippen molar-refractivity contribution < 1.29 is 8.42 Å². The summed E-state index contributed by atoms with van der Waals surface area (Å²) in [5.41, 5.74) is 8.10. The van der Waals surface area contributed by atoms with E-state index in [-0.39, 0.29) is 4.90 Å². The number of hydrogen-bond donors (Lipinski definition) is 1. The van der Waals surface area contributed by atoms with Crippen LogP contribution in [0, 0.1) is 0 Å². The van der Waals surface area contributed by atoms with E-state index in [1.165, 1.54) is 37.3 Å². The van der Waals surface area contributed by atoms with Crippen LogP contribution >= 0.6 is 0 Å². The maximum Gasteiger partial charge on any atom is 0.242 e. The van der Waals surface area contributed by atoms with Crippen LogP contribution in [0.15, 0.2) is 35.4 Å². The van der Waals surface area contributed by atoms with Gasteiger partial charge in [-0.2, -0.15) is 5.10 Å². The first-order valence-corrected chi connectivity index (χ1v) is 8.21. The summed E-state index contributed by atoms with van der Waals surface area (Å²) in [7, 11) is -0.476. The van der Waals surface area contributed by atoms with Crippen LogP contribution in [0.3, 0.4) is 0 Å². The molecule has 1 aromatic carbocycles. The molecule has 7 heteroatoms. The Labute approximate surface area is 124 Å². The zero-order valence-electron chi connectivity index (χ0n) is 12.0. The largest absolute Gasteiger partial charge is 0.397 e. The lowest BCUT2D eigenvalue weighted by molar-refractivity contribution is 0.520. The van der Waals surface area contributed by atoms with Crippen molar-refractivity contribution in [1.29, 1.82) is 0 Å². The zero-order chi connectivity index (χ0) is 15.2. The van der Waals surface area contributed by atoms with E-state index in [1.807, 2.05) is 12.3 Å². The van der Waals surface area contributed by atoms with Crippen LogP contribution in [0.25, 0.3) is 5.69 Å². The number of nitrogens with zero attached hydrogens (tertiary/aromatic N) is 3. The van der Waals surface area contributed by atoms with E-state index in [0.717, 1.165) is 5.69 Å². The van der Waals surface area contributed by atoms with Crippen molar-refractivity contribution in [3.05, 3.63) is 36.2 Å². The molecule has 1 fully saturated rings. The molecule has 1 saturated carbocycles. The van der Waals surface area contributed by atoms with Gasteiger partial charge in [-0.25, -0.2) is 17.4 Å². The fourth-order valence-corrected chi connectivity index (χ4v) is 3.08. The van der Waals surface area contributed by atoms with Gasteiger partial charge in [0, 0.05) is 26.2 Å². The van der Waals surface area contributed by atoms with Crippen molar-refractivity contribution in [2.24, 2.45) is 0 Å². The minimum Gasteiger partial charge on any atom is -0.397 e. The molecule has 0 saturated heterocycles. The van der Waals surface area contributed by atoms with Crippen molar-refractivity contribution in [3.63, 3.8) is 0 Å². The van der Waals surface area contributed by atoms with Crippen LogP contribution in [-0.4, -0.2) is 36.6 Å². The Morgan fingerprint density at radius 3 is 2.62 bits per heavy atom. The number of hydrogen-bond acceptors (Lipinski definition) is 4. The third kappa shape index (κ3) is 2.54. The number of nitrogen functional groups attached to an aromatic ring is 1. The van der Waals surface area contributed by atoms with Crippen LogP contribution in [0.4, 0.5) is 5.69 Å². The molecule has 21 heavy (non-hydrogen) atoms. The molecule has 3 rings (SSSR count). The lowest BCUT2D eigenvalue weighted by Gasteiger charge is -2.13. The van der Waals surface area contributed by atoms with E-state index >= 15 is 0 Å². The van der Waals surface area contributed by atoms with E-state index < -0.39 is 10.0 Å². The highest BCUT2D eigenvalue weighted by Gasteiger charge is 2.26. The number of nitrogens with two attached hydrogens (primary N) is 1. The molecule has 6 nitrogen and oxygen atoms in total. The second-order valence-corrected chi connectivity index (χ2v) is 7.62. The lowest BCUT2D eigenvalue weighted by atomic mass is 10.3. The smallest absolute Gasteiger partial charge is 0.242 e. The van der Waals surface area contributed by atoms with E-state index in [1.54, 1.807) is 16.8 Å². The normalized spacial score (nSPS) is 15.6. The third-order valence-corrected chi connectivity index (χ3v) is 5.44. The molecule has 0 amide bonds. The van der Waals surface area contributed by atoms with Gasteiger partial charge in [0.1, 0.15) is 0 Å². The Hall–Kier alpha value is -1.86. The summed E-state index contributed by atoms with van der Waals surface area (Å²) in [5, 5.41) is 4.50. The van der Waals surface area contributed by atoms with Crippen LogP contribution in [-0.2, 0) is 10.0 Å². The zero-order valence-corrected chi connectivity index (χ0v) is 12.8. The number of aromatic nitrogens is 2. The molecule has 0 aliphatic heterocycles. The van der Waals surface area contributed by atoms with Gasteiger partial charge in [0.05, 0.1) is 22.0 Å². The van der Waals surface area contributed by atoms with E-state index in [9.17, 15) is 8.42 Å². The highest BCUT2D eigenvalue weighted by molar-refractivity contribution is 7.89. The molecule has 1 aliphatic rings.